The summed E-state index contributed by atoms with van der Waals surface area (Å²) in [5, 5.41) is 0. The first-order chi connectivity index (χ1) is 16.2. The first kappa shape index (κ1) is 33.0. The number of hydrogen-bond donors (Lipinski definition) is 0. The Balaban J connectivity index is 0.000000883. The van der Waals surface area contributed by atoms with E-state index < -0.39 is 28.4 Å². The van der Waals surface area contributed by atoms with Crippen LogP contribution in [0.5, 0.6) is 0 Å². The van der Waals surface area contributed by atoms with E-state index in [0.717, 1.165) is 0 Å². The predicted molar refractivity (Wildman–Crippen MR) is 134 cm³/mol. The molecule has 1 aliphatic heterocycles. The van der Waals surface area contributed by atoms with Gasteiger partial charge >= 0.3 is 18.0 Å². The van der Waals surface area contributed by atoms with Gasteiger partial charge in [0.25, 0.3) is 0 Å². The highest BCUT2D eigenvalue weighted by Crippen LogP contribution is 2.18. The van der Waals surface area contributed by atoms with Crippen LogP contribution in [0.1, 0.15) is 68.2 Å². The molecular formula is C24H41BrN2O8. The molecule has 0 spiro atoms. The molecule has 1 fully saturated rings. The van der Waals surface area contributed by atoms with Crippen LogP contribution in [0.2, 0.25) is 0 Å². The topological polar surface area (TPSA) is 120 Å². The third-order valence-electron chi connectivity index (χ3n) is 4.95. The Kier molecular flexibility index (Phi) is 15.0. The smallest absolute Gasteiger partial charge is 0.410 e. The van der Waals surface area contributed by atoms with E-state index in [0.29, 0.717) is 32.7 Å². The molecule has 0 aliphatic carbocycles. The summed E-state index contributed by atoms with van der Waals surface area (Å²) >= 11 is 2.95. The minimum absolute atomic E-state index is 0.142. The number of hydrogen-bond acceptors (Lipinski definition) is 9. The Morgan fingerprint density at radius 1 is 0.886 bits per heavy atom. The number of piperazine rings is 1. The third kappa shape index (κ3) is 11.5. The fourth-order valence-corrected chi connectivity index (χ4v) is 3.70. The molecule has 3 atom stereocenters. The lowest BCUT2D eigenvalue weighted by Crippen LogP contribution is -2.61. The van der Waals surface area contributed by atoms with Crippen molar-refractivity contribution in [2.75, 3.05) is 32.8 Å². The van der Waals surface area contributed by atoms with Crippen LogP contribution in [0.25, 0.3) is 0 Å². The van der Waals surface area contributed by atoms with Crippen LogP contribution >= 0.6 is 15.9 Å². The number of amides is 1. The van der Waals surface area contributed by atoms with Gasteiger partial charge < -0.3 is 19.1 Å². The average Bonchev–Trinajstić information content (AvgIpc) is 2.78. The number of ether oxygens (including phenoxy) is 3. The quantitative estimate of drug-likeness (QED) is 0.180. The van der Waals surface area contributed by atoms with Crippen LogP contribution < -0.4 is 0 Å². The summed E-state index contributed by atoms with van der Waals surface area (Å²) < 4.78 is 15.1. The standard InChI is InChI=1S/C17H30N2O5.C7H11BrO3/c1-7-13(20)14(15(21)23-8-2)19-10-9-18(11-12(19)3)16(22)24-17(4,5)6;1-3-5(9)6(8)7(10)11-4-2/h12,14H,7-11H2,1-6H3;6H,3-4H2,1-2H3/t12-,14?;/m1./s1. The SMILES string of the molecule is CCOC(=O)C(Br)C(=O)CC.CCOC(=O)C(C(=O)CC)N1CCN(C(=O)OC(C)(C)C)C[C@H]1C. The molecule has 0 aromatic heterocycles. The summed E-state index contributed by atoms with van der Waals surface area (Å²) in [6.07, 6.45) is 0.237. The number of carbonyl (C=O) groups excluding carboxylic acids is 5. The minimum atomic E-state index is -0.897. The van der Waals surface area contributed by atoms with Crippen molar-refractivity contribution in [1.82, 2.24) is 9.80 Å². The number of ketones is 2. The van der Waals surface area contributed by atoms with Crippen molar-refractivity contribution < 1.29 is 38.2 Å². The van der Waals surface area contributed by atoms with E-state index in [1.54, 1.807) is 32.6 Å². The lowest BCUT2D eigenvalue weighted by molar-refractivity contribution is -0.155. The maximum Gasteiger partial charge on any atom is 0.410 e. The predicted octanol–water partition coefficient (Wildman–Crippen LogP) is 3.13. The molecule has 0 radical (unpaired) electrons. The van der Waals surface area contributed by atoms with Gasteiger partial charge in [-0.05, 0) is 41.5 Å². The van der Waals surface area contributed by atoms with Crippen LogP contribution in [0.3, 0.4) is 0 Å². The van der Waals surface area contributed by atoms with Gasteiger partial charge in [-0.1, -0.05) is 29.8 Å². The summed E-state index contributed by atoms with van der Waals surface area (Å²) in [5.74, 6) is -1.32. The summed E-state index contributed by atoms with van der Waals surface area (Å²) in [6.45, 7) is 16.0. The zero-order valence-corrected chi connectivity index (χ0v) is 23.8. The van der Waals surface area contributed by atoms with Crippen LogP contribution in [0.4, 0.5) is 4.79 Å². The number of halogens is 1. The monoisotopic (exact) mass is 564 g/mol. The Hall–Kier alpha value is -2.01. The first-order valence-electron chi connectivity index (χ1n) is 12.0. The lowest BCUT2D eigenvalue weighted by Gasteiger charge is -2.42. The van der Waals surface area contributed by atoms with Crippen molar-refractivity contribution in [3.8, 4) is 0 Å². The largest absolute Gasteiger partial charge is 0.465 e. The Bertz CT molecular complexity index is 738. The molecule has 0 aromatic rings. The zero-order valence-electron chi connectivity index (χ0n) is 22.2. The van der Waals surface area contributed by atoms with Crippen LogP contribution in [-0.4, -0.2) is 94.8 Å². The second-order valence-electron chi connectivity index (χ2n) is 8.92. The third-order valence-corrected chi connectivity index (χ3v) is 5.83. The minimum Gasteiger partial charge on any atom is -0.465 e. The summed E-state index contributed by atoms with van der Waals surface area (Å²) in [4.78, 5) is 61.0. The van der Waals surface area contributed by atoms with Crippen molar-refractivity contribution in [2.45, 2.75) is 90.7 Å². The highest BCUT2D eigenvalue weighted by Gasteiger charge is 2.39. The molecule has 10 nitrogen and oxygen atoms in total. The molecular weight excluding hydrogens is 524 g/mol. The van der Waals surface area contributed by atoms with Crippen LogP contribution in [-0.2, 0) is 33.4 Å². The van der Waals surface area contributed by atoms with Gasteiger partial charge in [0.2, 0.25) is 0 Å². The highest BCUT2D eigenvalue weighted by molar-refractivity contribution is 9.10. The molecule has 202 valence electrons. The molecule has 1 heterocycles. The van der Waals surface area contributed by atoms with Gasteiger partial charge in [-0.25, -0.2) is 9.59 Å². The number of esters is 2. The first-order valence-corrected chi connectivity index (χ1v) is 12.9. The molecule has 0 saturated carbocycles. The van der Waals surface area contributed by atoms with Crippen LogP contribution in [0, 0.1) is 0 Å². The van der Waals surface area contributed by atoms with E-state index in [9.17, 15) is 24.0 Å². The lowest BCUT2D eigenvalue weighted by atomic mass is 10.0. The van der Waals surface area contributed by atoms with E-state index in [4.69, 9.17) is 9.47 Å². The summed E-state index contributed by atoms with van der Waals surface area (Å²) in [7, 11) is 0. The molecule has 1 rings (SSSR count). The molecule has 2 unspecified atom stereocenters. The van der Waals surface area contributed by atoms with Gasteiger partial charge in [0.15, 0.2) is 22.4 Å². The van der Waals surface area contributed by atoms with Gasteiger partial charge in [-0.15, -0.1) is 0 Å². The highest BCUT2D eigenvalue weighted by atomic mass is 79.9. The number of Topliss-reactive ketones (excluding diaryl/α,β-unsaturated/α-hetero) is 2. The van der Waals surface area contributed by atoms with E-state index in [1.807, 2.05) is 32.6 Å². The Labute approximate surface area is 217 Å². The fourth-order valence-electron chi connectivity index (χ4n) is 3.24. The summed E-state index contributed by atoms with van der Waals surface area (Å²) in [6, 6.07) is -1.04. The molecule has 1 saturated heterocycles. The van der Waals surface area contributed by atoms with Gasteiger partial charge in [0.05, 0.1) is 13.2 Å². The number of alkyl halides is 1. The van der Waals surface area contributed by atoms with Gasteiger partial charge in [-0.3, -0.25) is 19.3 Å². The van der Waals surface area contributed by atoms with E-state index in [-0.39, 0.29) is 36.7 Å². The van der Waals surface area contributed by atoms with E-state index in [2.05, 4.69) is 20.7 Å². The molecule has 1 aliphatic rings. The molecule has 0 bridgehead atoms. The van der Waals surface area contributed by atoms with E-state index in [1.165, 1.54) is 0 Å². The van der Waals surface area contributed by atoms with Crippen molar-refractivity contribution in [2.24, 2.45) is 0 Å². The molecule has 11 heteroatoms. The molecule has 35 heavy (non-hydrogen) atoms. The van der Waals surface area contributed by atoms with Crippen molar-refractivity contribution in [1.29, 1.82) is 0 Å². The molecule has 0 N–H and O–H groups in total. The normalized spacial score (nSPS) is 17.9. The fraction of sp³-hybridized carbons (Fsp3) is 0.792. The average molecular weight is 566 g/mol. The second-order valence-corrected chi connectivity index (χ2v) is 9.84. The van der Waals surface area contributed by atoms with E-state index >= 15 is 0 Å². The van der Waals surface area contributed by atoms with Gasteiger partial charge in [-0.2, -0.15) is 0 Å². The zero-order chi connectivity index (χ0) is 27.3. The van der Waals surface area contributed by atoms with Crippen molar-refractivity contribution >= 4 is 45.5 Å². The number of rotatable bonds is 9. The van der Waals surface area contributed by atoms with Crippen molar-refractivity contribution in [3.63, 3.8) is 0 Å². The van der Waals surface area contributed by atoms with Gasteiger partial charge in [0.1, 0.15) is 5.60 Å². The summed E-state index contributed by atoms with van der Waals surface area (Å²) in [5.41, 5.74) is -0.552. The maximum atomic E-state index is 12.2. The Morgan fingerprint density at radius 3 is 1.83 bits per heavy atom. The van der Waals surface area contributed by atoms with Crippen LogP contribution in [0.15, 0.2) is 0 Å². The number of carbonyl (C=O) groups is 5. The number of nitrogens with zero attached hydrogens (tertiary/aromatic N) is 2. The maximum absolute atomic E-state index is 12.2. The second kappa shape index (κ2) is 15.9. The molecule has 0 aromatic carbocycles. The van der Waals surface area contributed by atoms with Crippen molar-refractivity contribution in [3.05, 3.63) is 0 Å². The van der Waals surface area contributed by atoms with Gasteiger partial charge in [0, 0.05) is 38.5 Å². The molecule has 1 amide bonds. The Morgan fingerprint density at radius 2 is 1.40 bits per heavy atom.